The number of rotatable bonds is 8. The first-order valence-corrected chi connectivity index (χ1v) is 9.83. The fraction of sp³-hybridized carbons (Fsp3) is 0.429. The minimum absolute atomic E-state index is 0. The van der Waals surface area contributed by atoms with Crippen molar-refractivity contribution in [1.82, 2.24) is 15.5 Å². The third kappa shape index (κ3) is 7.04. The molecule has 4 N–H and O–H groups in total. The Labute approximate surface area is 189 Å². The van der Waals surface area contributed by atoms with Crippen LogP contribution in [0.15, 0.2) is 52.1 Å². The summed E-state index contributed by atoms with van der Waals surface area (Å²) in [6, 6.07) is 11.6. The van der Waals surface area contributed by atoms with Crippen LogP contribution in [0.2, 0.25) is 0 Å². The monoisotopic (exact) mass is 511 g/mol. The number of carbonyl (C=O) groups excluding carboxylic acids is 1. The van der Waals surface area contributed by atoms with Crippen molar-refractivity contribution in [1.29, 1.82) is 0 Å². The van der Waals surface area contributed by atoms with Crippen molar-refractivity contribution in [3.63, 3.8) is 0 Å². The molecule has 29 heavy (non-hydrogen) atoms. The summed E-state index contributed by atoms with van der Waals surface area (Å²) in [5.41, 5.74) is 7.55. The molecule has 1 fully saturated rings. The molecule has 1 unspecified atom stereocenters. The molecule has 2 heterocycles. The largest absolute Gasteiger partial charge is 0.467 e. The van der Waals surface area contributed by atoms with Crippen molar-refractivity contribution in [2.75, 3.05) is 19.6 Å². The number of nitrogens with two attached hydrogens (primary N) is 1. The van der Waals surface area contributed by atoms with Crippen LogP contribution < -0.4 is 16.4 Å². The van der Waals surface area contributed by atoms with E-state index in [0.717, 1.165) is 31.0 Å². The van der Waals surface area contributed by atoms with Crippen molar-refractivity contribution >= 4 is 35.8 Å². The molecule has 0 radical (unpaired) electrons. The molecule has 3 rings (SSSR count). The smallest absolute Gasteiger partial charge is 0.251 e. The number of amides is 1. The van der Waals surface area contributed by atoms with Gasteiger partial charge in [-0.2, -0.15) is 0 Å². The zero-order valence-corrected chi connectivity index (χ0v) is 19.1. The molecule has 0 bridgehead atoms. The zero-order chi connectivity index (χ0) is 19.8. The summed E-state index contributed by atoms with van der Waals surface area (Å²) in [4.78, 5) is 19.2. The number of hydrogen-bond acceptors (Lipinski definition) is 4. The maximum Gasteiger partial charge on any atom is 0.251 e. The number of likely N-dealkylation sites (tertiary alicyclic amines) is 1. The first-order valence-electron chi connectivity index (χ1n) is 9.83. The molecule has 1 aliphatic heterocycles. The predicted octanol–water partition coefficient (Wildman–Crippen LogP) is 2.72. The molecule has 158 valence electrons. The molecular formula is C21H30IN5O2. The maximum atomic E-state index is 12.3. The van der Waals surface area contributed by atoms with Crippen LogP contribution in [0.1, 0.15) is 41.4 Å². The van der Waals surface area contributed by atoms with E-state index < -0.39 is 0 Å². The van der Waals surface area contributed by atoms with E-state index in [1.165, 1.54) is 12.8 Å². The molecule has 1 amide bonds. The van der Waals surface area contributed by atoms with E-state index in [-0.39, 0.29) is 29.9 Å². The molecule has 1 aromatic carbocycles. The second-order valence-electron chi connectivity index (χ2n) is 6.97. The SMILES string of the molecule is CCN1CCCC1CNC(N)=NCc1cccc(C(=O)NCc2ccco2)c1.I. The fourth-order valence-electron chi connectivity index (χ4n) is 3.49. The predicted molar refractivity (Wildman–Crippen MR) is 125 cm³/mol. The van der Waals surface area contributed by atoms with Crippen LogP contribution in [0.5, 0.6) is 0 Å². The van der Waals surface area contributed by atoms with Gasteiger partial charge in [-0.25, -0.2) is 4.99 Å². The average molecular weight is 511 g/mol. The second-order valence-corrected chi connectivity index (χ2v) is 6.97. The summed E-state index contributed by atoms with van der Waals surface area (Å²) in [6.07, 6.45) is 4.03. The lowest BCUT2D eigenvalue weighted by molar-refractivity contribution is 0.0948. The first kappa shape index (κ1) is 23.2. The summed E-state index contributed by atoms with van der Waals surface area (Å²) < 4.78 is 5.23. The minimum atomic E-state index is -0.144. The maximum absolute atomic E-state index is 12.3. The highest BCUT2D eigenvalue weighted by Crippen LogP contribution is 2.15. The Morgan fingerprint density at radius 3 is 2.93 bits per heavy atom. The summed E-state index contributed by atoms with van der Waals surface area (Å²) in [5.74, 6) is 1.02. The summed E-state index contributed by atoms with van der Waals surface area (Å²) in [5, 5.41) is 6.07. The zero-order valence-electron chi connectivity index (χ0n) is 16.8. The van der Waals surface area contributed by atoms with Crippen LogP contribution in [0.3, 0.4) is 0 Å². The Balaban J connectivity index is 0.00000300. The first-order chi connectivity index (χ1) is 13.7. The number of nitrogens with one attached hydrogen (secondary N) is 2. The number of furan rings is 1. The van der Waals surface area contributed by atoms with Gasteiger partial charge in [0.15, 0.2) is 5.96 Å². The second kappa shape index (κ2) is 11.8. The van der Waals surface area contributed by atoms with Gasteiger partial charge in [-0.3, -0.25) is 9.69 Å². The number of aliphatic imine (C=N–C) groups is 1. The Bertz CT molecular complexity index is 794. The van der Waals surface area contributed by atoms with E-state index in [1.54, 1.807) is 18.4 Å². The molecule has 1 saturated heterocycles. The molecule has 0 spiro atoms. The number of guanidine groups is 1. The molecule has 8 heteroatoms. The number of benzene rings is 1. The van der Waals surface area contributed by atoms with Crippen molar-refractivity contribution in [2.45, 2.75) is 38.9 Å². The molecule has 7 nitrogen and oxygen atoms in total. The summed E-state index contributed by atoms with van der Waals surface area (Å²) in [6.45, 7) is 6.03. The molecule has 0 saturated carbocycles. The van der Waals surface area contributed by atoms with Gasteiger partial charge in [0.25, 0.3) is 5.91 Å². The van der Waals surface area contributed by atoms with E-state index in [1.807, 2.05) is 24.3 Å². The highest BCUT2D eigenvalue weighted by Gasteiger charge is 2.22. The Kier molecular flexibility index (Phi) is 9.46. The van der Waals surface area contributed by atoms with Gasteiger partial charge in [0, 0.05) is 18.2 Å². The topological polar surface area (TPSA) is 95.9 Å². The third-order valence-electron chi connectivity index (χ3n) is 5.05. The quantitative estimate of drug-likeness (QED) is 0.288. The van der Waals surface area contributed by atoms with Crippen LogP contribution in [-0.2, 0) is 13.1 Å². The highest BCUT2D eigenvalue weighted by atomic mass is 127. The molecule has 2 aromatic rings. The number of hydrogen-bond donors (Lipinski definition) is 3. The third-order valence-corrected chi connectivity index (χ3v) is 5.05. The number of carbonyl (C=O) groups is 1. The summed E-state index contributed by atoms with van der Waals surface area (Å²) >= 11 is 0. The van der Waals surface area contributed by atoms with Gasteiger partial charge in [0.1, 0.15) is 5.76 Å². The molecule has 1 atom stereocenters. The van der Waals surface area contributed by atoms with Gasteiger partial charge in [-0.05, 0) is 55.8 Å². The Hall–Kier alpha value is -2.07. The normalized spacial score (nSPS) is 17.0. The van der Waals surface area contributed by atoms with E-state index >= 15 is 0 Å². The molecular weight excluding hydrogens is 481 g/mol. The number of likely N-dealkylation sites (N-methyl/N-ethyl adjacent to an activating group) is 1. The van der Waals surface area contributed by atoms with Gasteiger partial charge in [0.2, 0.25) is 0 Å². The van der Waals surface area contributed by atoms with Gasteiger partial charge in [-0.15, -0.1) is 24.0 Å². The van der Waals surface area contributed by atoms with Crippen LogP contribution in [0.4, 0.5) is 0 Å². The van der Waals surface area contributed by atoms with Crippen LogP contribution in [0, 0.1) is 0 Å². The summed E-state index contributed by atoms with van der Waals surface area (Å²) in [7, 11) is 0. The van der Waals surface area contributed by atoms with Crippen molar-refractivity contribution in [2.24, 2.45) is 10.7 Å². The number of halogens is 1. The lowest BCUT2D eigenvalue weighted by Crippen LogP contribution is -2.42. The van der Waals surface area contributed by atoms with Crippen molar-refractivity contribution < 1.29 is 9.21 Å². The lowest BCUT2D eigenvalue weighted by atomic mass is 10.1. The van der Waals surface area contributed by atoms with Gasteiger partial charge in [0.05, 0.1) is 19.4 Å². The lowest BCUT2D eigenvalue weighted by Gasteiger charge is -2.23. The highest BCUT2D eigenvalue weighted by molar-refractivity contribution is 14.0. The molecule has 1 aliphatic rings. The Morgan fingerprint density at radius 1 is 1.31 bits per heavy atom. The van der Waals surface area contributed by atoms with E-state index in [9.17, 15) is 4.79 Å². The van der Waals surface area contributed by atoms with Crippen LogP contribution >= 0.6 is 24.0 Å². The van der Waals surface area contributed by atoms with E-state index in [4.69, 9.17) is 10.2 Å². The fourth-order valence-corrected chi connectivity index (χ4v) is 3.49. The minimum Gasteiger partial charge on any atom is -0.467 e. The van der Waals surface area contributed by atoms with Gasteiger partial charge >= 0.3 is 0 Å². The number of nitrogens with zero attached hydrogens (tertiary/aromatic N) is 2. The standard InChI is InChI=1S/C21H29N5O2.HI/c1-2-26-10-4-8-18(26)14-25-21(22)24-13-16-6-3-7-17(12-16)20(27)23-15-19-9-5-11-28-19;/h3,5-7,9,11-12,18H,2,4,8,10,13-15H2,1H3,(H,23,27)(H3,22,24,25);1H. The molecule has 0 aliphatic carbocycles. The Morgan fingerprint density at radius 2 is 2.17 bits per heavy atom. The van der Waals surface area contributed by atoms with Crippen molar-refractivity contribution in [3.8, 4) is 0 Å². The molecule has 1 aromatic heterocycles. The average Bonchev–Trinajstić information content (AvgIpc) is 3.40. The van der Waals surface area contributed by atoms with Crippen LogP contribution in [-0.4, -0.2) is 42.4 Å². The van der Waals surface area contributed by atoms with E-state index in [2.05, 4.69) is 27.4 Å². The van der Waals surface area contributed by atoms with Gasteiger partial charge in [-0.1, -0.05) is 19.1 Å². The van der Waals surface area contributed by atoms with E-state index in [0.29, 0.717) is 30.7 Å². The van der Waals surface area contributed by atoms with Crippen LogP contribution in [0.25, 0.3) is 0 Å². The van der Waals surface area contributed by atoms with Gasteiger partial charge < -0.3 is 20.8 Å². The van der Waals surface area contributed by atoms with Crippen molar-refractivity contribution in [3.05, 3.63) is 59.5 Å².